The monoisotopic (exact) mass is 286 g/mol. The number of nitrogen functional groups attached to an aromatic ring is 1. The van der Waals surface area contributed by atoms with Gasteiger partial charge < -0.3 is 11.1 Å². The van der Waals surface area contributed by atoms with Crippen LogP contribution in [-0.4, -0.2) is 17.7 Å². The molecule has 0 fully saturated rings. The summed E-state index contributed by atoms with van der Waals surface area (Å²) in [7, 11) is 0. The molecule has 0 aliphatic rings. The van der Waals surface area contributed by atoms with E-state index in [9.17, 15) is 4.79 Å². The van der Waals surface area contributed by atoms with Crippen molar-refractivity contribution in [1.82, 2.24) is 5.32 Å². The van der Waals surface area contributed by atoms with Gasteiger partial charge in [-0.1, -0.05) is 25.4 Å². The van der Waals surface area contributed by atoms with Crippen molar-refractivity contribution in [2.45, 2.75) is 30.9 Å². The fourth-order valence-corrected chi connectivity index (χ4v) is 2.41. The predicted molar refractivity (Wildman–Crippen MR) is 79.0 cm³/mol. The van der Waals surface area contributed by atoms with E-state index in [-0.39, 0.29) is 11.2 Å². The molecule has 3 N–H and O–H groups in total. The van der Waals surface area contributed by atoms with Crippen molar-refractivity contribution < 1.29 is 4.79 Å². The summed E-state index contributed by atoms with van der Waals surface area (Å²) in [4.78, 5) is 12.7. The second kappa shape index (κ2) is 6.90. The van der Waals surface area contributed by atoms with Crippen LogP contribution in [-0.2, 0) is 4.79 Å². The molecule has 100 valence electrons. The summed E-state index contributed by atoms with van der Waals surface area (Å²) in [5.74, 6) is 0.481. The van der Waals surface area contributed by atoms with E-state index in [0.29, 0.717) is 23.2 Å². The topological polar surface area (TPSA) is 55.1 Å². The van der Waals surface area contributed by atoms with Crippen LogP contribution in [0.3, 0.4) is 0 Å². The molecule has 0 aliphatic carbocycles. The number of thioether (sulfide) groups is 1. The highest BCUT2D eigenvalue weighted by Crippen LogP contribution is 2.30. The summed E-state index contributed by atoms with van der Waals surface area (Å²) in [5.41, 5.74) is 6.46. The largest absolute Gasteiger partial charge is 0.398 e. The van der Waals surface area contributed by atoms with E-state index in [1.807, 2.05) is 13.0 Å². The number of benzene rings is 1. The minimum Gasteiger partial charge on any atom is -0.398 e. The van der Waals surface area contributed by atoms with Crippen molar-refractivity contribution in [2.24, 2.45) is 5.92 Å². The maximum Gasteiger partial charge on any atom is 0.233 e. The van der Waals surface area contributed by atoms with E-state index < -0.39 is 0 Å². The van der Waals surface area contributed by atoms with E-state index >= 15 is 0 Å². The molecule has 1 unspecified atom stereocenters. The van der Waals surface area contributed by atoms with Crippen molar-refractivity contribution in [1.29, 1.82) is 0 Å². The van der Waals surface area contributed by atoms with Crippen LogP contribution in [0, 0.1) is 5.92 Å². The van der Waals surface area contributed by atoms with E-state index in [1.165, 1.54) is 11.8 Å². The Morgan fingerprint density at radius 3 is 2.67 bits per heavy atom. The van der Waals surface area contributed by atoms with Crippen LogP contribution >= 0.6 is 23.4 Å². The molecular formula is C13H19ClN2OS. The fraction of sp³-hybridized carbons (Fsp3) is 0.462. The highest BCUT2D eigenvalue weighted by Gasteiger charge is 2.15. The van der Waals surface area contributed by atoms with Crippen LogP contribution in [0.5, 0.6) is 0 Å². The Morgan fingerprint density at radius 2 is 2.11 bits per heavy atom. The fourth-order valence-electron chi connectivity index (χ4n) is 1.32. The molecule has 3 nitrogen and oxygen atoms in total. The summed E-state index contributed by atoms with van der Waals surface area (Å²) >= 11 is 7.28. The minimum absolute atomic E-state index is 0.0306. The van der Waals surface area contributed by atoms with E-state index in [0.717, 1.165) is 4.90 Å². The van der Waals surface area contributed by atoms with Crippen molar-refractivity contribution >= 4 is 35.0 Å². The smallest absolute Gasteiger partial charge is 0.233 e. The van der Waals surface area contributed by atoms with Gasteiger partial charge in [0.05, 0.1) is 5.25 Å². The molecule has 18 heavy (non-hydrogen) atoms. The molecule has 0 bridgehead atoms. The Bertz CT molecular complexity index is 423. The number of hydrogen-bond acceptors (Lipinski definition) is 3. The van der Waals surface area contributed by atoms with Crippen LogP contribution in [0.4, 0.5) is 5.69 Å². The first-order valence-corrected chi connectivity index (χ1v) is 7.15. The maximum atomic E-state index is 11.8. The molecule has 5 heteroatoms. The van der Waals surface area contributed by atoms with E-state index in [2.05, 4.69) is 19.2 Å². The number of hydrogen-bond donors (Lipinski definition) is 2. The Labute approximate surface area is 117 Å². The second-order valence-electron chi connectivity index (χ2n) is 4.58. The molecule has 1 aromatic rings. The molecule has 0 aliphatic heterocycles. The predicted octanol–water partition coefficient (Wildman–Crippen LogP) is 3.18. The van der Waals surface area contributed by atoms with Crippen molar-refractivity contribution in [3.05, 3.63) is 23.2 Å². The number of carbonyl (C=O) groups excluding carboxylic acids is 1. The number of halogens is 1. The zero-order valence-corrected chi connectivity index (χ0v) is 12.4. The number of amides is 1. The summed E-state index contributed by atoms with van der Waals surface area (Å²) in [6.45, 7) is 6.69. The van der Waals surface area contributed by atoms with Gasteiger partial charge in [0.2, 0.25) is 5.91 Å². The normalized spacial score (nSPS) is 12.5. The van der Waals surface area contributed by atoms with Gasteiger partial charge in [0.1, 0.15) is 0 Å². The van der Waals surface area contributed by atoms with Crippen molar-refractivity contribution in [3.8, 4) is 0 Å². The lowest BCUT2D eigenvalue weighted by molar-refractivity contribution is -0.120. The molecule has 0 radical (unpaired) electrons. The number of rotatable bonds is 5. The van der Waals surface area contributed by atoms with Crippen LogP contribution in [0.1, 0.15) is 20.8 Å². The summed E-state index contributed by atoms with van der Waals surface area (Å²) < 4.78 is 0. The zero-order chi connectivity index (χ0) is 13.7. The lowest BCUT2D eigenvalue weighted by Crippen LogP contribution is -2.33. The average molecular weight is 287 g/mol. The molecule has 1 atom stereocenters. The third-order valence-corrected chi connectivity index (χ3v) is 3.76. The molecule has 0 saturated carbocycles. The van der Waals surface area contributed by atoms with Crippen LogP contribution in [0.2, 0.25) is 5.02 Å². The highest BCUT2D eigenvalue weighted by molar-refractivity contribution is 8.00. The van der Waals surface area contributed by atoms with Gasteiger partial charge >= 0.3 is 0 Å². The van der Waals surface area contributed by atoms with Crippen LogP contribution in [0.15, 0.2) is 23.1 Å². The standard InChI is InChI=1S/C13H19ClN2OS/c1-8(2)7-16-13(17)9(3)18-12-5-4-10(14)6-11(12)15/h4-6,8-9H,7,15H2,1-3H3,(H,16,17). The minimum atomic E-state index is -0.174. The Hall–Kier alpha value is -0.870. The van der Waals surface area contributed by atoms with Gasteiger partial charge in [0.15, 0.2) is 0 Å². The SMILES string of the molecule is CC(C)CNC(=O)C(C)Sc1ccc(Cl)cc1N. The molecule has 0 saturated heterocycles. The third kappa shape index (κ3) is 4.78. The number of anilines is 1. The second-order valence-corrected chi connectivity index (χ2v) is 6.40. The Kier molecular flexibility index (Phi) is 5.82. The van der Waals surface area contributed by atoms with Gasteiger partial charge in [0.25, 0.3) is 0 Å². The first-order valence-electron chi connectivity index (χ1n) is 5.89. The number of nitrogens with two attached hydrogens (primary N) is 1. The van der Waals surface area contributed by atoms with Gasteiger partial charge in [-0.15, -0.1) is 11.8 Å². The van der Waals surface area contributed by atoms with Gasteiger partial charge in [-0.3, -0.25) is 4.79 Å². The van der Waals surface area contributed by atoms with E-state index in [4.69, 9.17) is 17.3 Å². The van der Waals surface area contributed by atoms with Gasteiger partial charge in [-0.05, 0) is 31.0 Å². The van der Waals surface area contributed by atoms with Gasteiger partial charge in [0, 0.05) is 22.2 Å². The summed E-state index contributed by atoms with van der Waals surface area (Å²) in [6.07, 6.45) is 0. The average Bonchev–Trinajstić information content (AvgIpc) is 2.29. The molecule has 0 spiro atoms. The number of carbonyl (C=O) groups is 1. The van der Waals surface area contributed by atoms with Crippen molar-refractivity contribution in [3.63, 3.8) is 0 Å². The highest BCUT2D eigenvalue weighted by atomic mass is 35.5. The molecule has 1 amide bonds. The zero-order valence-electron chi connectivity index (χ0n) is 10.9. The molecule has 0 heterocycles. The molecule has 1 rings (SSSR count). The number of nitrogens with one attached hydrogen (secondary N) is 1. The van der Waals surface area contributed by atoms with E-state index in [1.54, 1.807) is 12.1 Å². The van der Waals surface area contributed by atoms with Gasteiger partial charge in [-0.25, -0.2) is 0 Å². The lowest BCUT2D eigenvalue weighted by Gasteiger charge is -2.14. The van der Waals surface area contributed by atoms with Crippen LogP contribution < -0.4 is 11.1 Å². The first kappa shape index (κ1) is 15.2. The summed E-state index contributed by atoms with van der Waals surface area (Å²) in [5, 5.41) is 3.34. The molecule has 0 aromatic heterocycles. The maximum absolute atomic E-state index is 11.8. The molecular weight excluding hydrogens is 268 g/mol. The Morgan fingerprint density at radius 1 is 1.44 bits per heavy atom. The molecule has 1 aromatic carbocycles. The van der Waals surface area contributed by atoms with Gasteiger partial charge in [-0.2, -0.15) is 0 Å². The van der Waals surface area contributed by atoms with Crippen LogP contribution in [0.25, 0.3) is 0 Å². The lowest BCUT2D eigenvalue weighted by atomic mass is 10.2. The quantitative estimate of drug-likeness (QED) is 0.646. The van der Waals surface area contributed by atoms with Crippen molar-refractivity contribution in [2.75, 3.05) is 12.3 Å². The Balaban J connectivity index is 2.58. The summed E-state index contributed by atoms with van der Waals surface area (Å²) in [6, 6.07) is 5.32. The third-order valence-electron chi connectivity index (χ3n) is 2.33. The first-order chi connectivity index (χ1) is 8.40.